The molecule has 0 aliphatic rings. The van der Waals surface area contributed by atoms with Gasteiger partial charge in [-0.2, -0.15) is 0 Å². The van der Waals surface area contributed by atoms with E-state index in [0.717, 1.165) is 10.2 Å². The summed E-state index contributed by atoms with van der Waals surface area (Å²) in [6.07, 6.45) is -0.113. The number of carboxylic acids is 1. The summed E-state index contributed by atoms with van der Waals surface area (Å²) < 4.78 is 0.986. The highest BCUT2D eigenvalue weighted by atomic mass is 32.1. The molecule has 23 heavy (non-hydrogen) atoms. The average Bonchev–Trinajstić information content (AvgIpc) is 2.96. The van der Waals surface area contributed by atoms with Gasteiger partial charge in [0.15, 0.2) is 0 Å². The van der Waals surface area contributed by atoms with Crippen molar-refractivity contribution in [2.24, 2.45) is 0 Å². The molecule has 0 radical (unpaired) electrons. The minimum atomic E-state index is -0.937. The maximum atomic E-state index is 11.2. The first kappa shape index (κ1) is 15.1. The molecule has 3 aromatic rings. The zero-order valence-electron chi connectivity index (χ0n) is 11.9. The van der Waals surface area contributed by atoms with Crippen LogP contribution in [-0.2, 0) is 4.79 Å². The molecular formula is C16H12N2O4S. The van der Waals surface area contributed by atoms with Gasteiger partial charge < -0.3 is 5.11 Å². The van der Waals surface area contributed by atoms with E-state index in [4.69, 9.17) is 0 Å². The van der Waals surface area contributed by atoms with E-state index in [-0.39, 0.29) is 12.1 Å². The number of benzene rings is 2. The van der Waals surface area contributed by atoms with Gasteiger partial charge >= 0.3 is 5.97 Å². The molecule has 0 spiro atoms. The zero-order chi connectivity index (χ0) is 16.4. The quantitative estimate of drug-likeness (QED) is 0.568. The summed E-state index contributed by atoms with van der Waals surface area (Å²) in [6, 6.07) is 13.6. The molecule has 0 bridgehead atoms. The number of non-ortho nitro benzene ring substituents is 1. The van der Waals surface area contributed by atoms with Gasteiger partial charge in [-0.25, -0.2) is 4.98 Å². The number of nitrogens with zero attached hydrogens (tertiary/aromatic N) is 2. The van der Waals surface area contributed by atoms with Crippen LogP contribution >= 0.6 is 11.3 Å². The third-order valence-corrected chi connectivity index (χ3v) is 4.64. The number of hydrogen-bond donors (Lipinski definition) is 1. The summed E-state index contributed by atoms with van der Waals surface area (Å²) in [5, 5.41) is 20.6. The number of aromatic nitrogens is 1. The molecule has 116 valence electrons. The number of nitro benzene ring substituents is 1. The predicted molar refractivity (Wildman–Crippen MR) is 86.8 cm³/mol. The lowest BCUT2D eigenvalue weighted by atomic mass is 9.96. The lowest BCUT2D eigenvalue weighted by molar-refractivity contribution is -0.384. The Labute approximate surface area is 135 Å². The van der Waals surface area contributed by atoms with Crippen LogP contribution < -0.4 is 0 Å². The van der Waals surface area contributed by atoms with Crippen LogP contribution in [0.2, 0.25) is 0 Å². The first-order valence-corrected chi connectivity index (χ1v) is 7.68. The maximum Gasteiger partial charge on any atom is 0.304 e. The summed E-state index contributed by atoms with van der Waals surface area (Å²) >= 11 is 1.44. The van der Waals surface area contributed by atoms with Crippen LogP contribution in [0.1, 0.15) is 22.9 Å². The Kier molecular flexibility index (Phi) is 4.03. The number of nitro groups is 1. The minimum absolute atomic E-state index is 0.0212. The topological polar surface area (TPSA) is 93.3 Å². The second-order valence-corrected chi connectivity index (χ2v) is 6.08. The van der Waals surface area contributed by atoms with E-state index in [1.54, 1.807) is 12.1 Å². The highest BCUT2D eigenvalue weighted by Crippen LogP contribution is 2.34. The first-order valence-electron chi connectivity index (χ1n) is 6.86. The van der Waals surface area contributed by atoms with Gasteiger partial charge in [-0.3, -0.25) is 14.9 Å². The number of thiazole rings is 1. The van der Waals surface area contributed by atoms with Crippen molar-refractivity contribution in [3.8, 4) is 0 Å². The summed E-state index contributed by atoms with van der Waals surface area (Å²) in [4.78, 5) is 26.0. The number of para-hydroxylation sites is 1. The first-order chi connectivity index (χ1) is 11.0. The molecule has 0 unspecified atom stereocenters. The van der Waals surface area contributed by atoms with Crippen LogP contribution in [-0.4, -0.2) is 21.0 Å². The SMILES string of the molecule is O=C(O)C[C@@H](c1ccc([N+](=O)[O-])cc1)c1nc2ccccc2s1. The van der Waals surface area contributed by atoms with Crippen LogP contribution in [0.15, 0.2) is 48.5 Å². The Morgan fingerprint density at radius 2 is 1.91 bits per heavy atom. The molecule has 7 heteroatoms. The van der Waals surface area contributed by atoms with Gasteiger partial charge in [0.25, 0.3) is 5.69 Å². The number of carbonyl (C=O) groups is 1. The van der Waals surface area contributed by atoms with E-state index in [1.807, 2.05) is 24.3 Å². The number of rotatable bonds is 5. The molecular weight excluding hydrogens is 316 g/mol. The van der Waals surface area contributed by atoms with Crippen molar-refractivity contribution < 1.29 is 14.8 Å². The molecule has 2 aromatic carbocycles. The van der Waals surface area contributed by atoms with Crippen LogP contribution in [0, 0.1) is 10.1 Å². The maximum absolute atomic E-state index is 11.2. The van der Waals surface area contributed by atoms with Crippen molar-refractivity contribution in [3.05, 3.63) is 69.2 Å². The summed E-state index contributed by atoms with van der Waals surface area (Å²) in [5.74, 6) is -1.36. The Morgan fingerprint density at radius 3 is 2.52 bits per heavy atom. The van der Waals surface area contributed by atoms with Crippen molar-refractivity contribution in [1.82, 2.24) is 4.98 Å². The van der Waals surface area contributed by atoms with Gasteiger partial charge in [0, 0.05) is 18.1 Å². The Bertz CT molecular complexity index is 840. The van der Waals surface area contributed by atoms with Crippen LogP contribution in [0.4, 0.5) is 5.69 Å². The number of hydrogen-bond acceptors (Lipinski definition) is 5. The highest BCUT2D eigenvalue weighted by molar-refractivity contribution is 7.18. The van der Waals surface area contributed by atoms with Gasteiger partial charge in [0.05, 0.1) is 21.6 Å². The second-order valence-electron chi connectivity index (χ2n) is 5.02. The fraction of sp³-hybridized carbons (Fsp3) is 0.125. The molecule has 0 saturated carbocycles. The van der Waals surface area contributed by atoms with E-state index in [0.29, 0.717) is 10.6 Å². The smallest absolute Gasteiger partial charge is 0.304 e. The van der Waals surface area contributed by atoms with Crippen LogP contribution in [0.3, 0.4) is 0 Å². The Hall–Kier alpha value is -2.80. The van der Waals surface area contributed by atoms with E-state index in [9.17, 15) is 20.0 Å². The Morgan fingerprint density at radius 1 is 1.22 bits per heavy atom. The van der Waals surface area contributed by atoms with Crippen LogP contribution in [0.25, 0.3) is 10.2 Å². The van der Waals surface area contributed by atoms with E-state index in [1.165, 1.54) is 23.5 Å². The van der Waals surface area contributed by atoms with Crippen molar-refractivity contribution in [1.29, 1.82) is 0 Å². The molecule has 0 aliphatic carbocycles. The molecule has 1 heterocycles. The lowest BCUT2D eigenvalue weighted by Gasteiger charge is -2.12. The van der Waals surface area contributed by atoms with Crippen LogP contribution in [0.5, 0.6) is 0 Å². The largest absolute Gasteiger partial charge is 0.481 e. The third-order valence-electron chi connectivity index (χ3n) is 3.49. The molecule has 1 atom stereocenters. The van der Waals surface area contributed by atoms with E-state index in [2.05, 4.69) is 4.98 Å². The third kappa shape index (κ3) is 3.19. The summed E-state index contributed by atoms with van der Waals surface area (Å²) in [7, 11) is 0. The number of carboxylic acid groups (broad SMARTS) is 1. The standard InChI is InChI=1S/C16H12N2O4S/c19-15(20)9-12(10-5-7-11(8-6-10)18(21)22)16-17-13-3-1-2-4-14(13)23-16/h1-8,12H,9H2,(H,19,20)/t12-/m0/s1. The van der Waals surface area contributed by atoms with Gasteiger partial charge in [-0.1, -0.05) is 24.3 Å². The molecule has 0 amide bonds. The molecule has 0 saturated heterocycles. The fourth-order valence-electron chi connectivity index (χ4n) is 2.39. The van der Waals surface area contributed by atoms with Crippen molar-refractivity contribution in [3.63, 3.8) is 0 Å². The monoisotopic (exact) mass is 328 g/mol. The minimum Gasteiger partial charge on any atom is -0.481 e. The number of fused-ring (bicyclic) bond motifs is 1. The summed E-state index contributed by atoms with van der Waals surface area (Å²) in [5.41, 5.74) is 1.51. The second kappa shape index (κ2) is 6.13. The Balaban J connectivity index is 2.03. The predicted octanol–water partition coefficient (Wildman–Crippen LogP) is 3.81. The average molecular weight is 328 g/mol. The lowest BCUT2D eigenvalue weighted by Crippen LogP contribution is -2.07. The zero-order valence-corrected chi connectivity index (χ0v) is 12.7. The highest BCUT2D eigenvalue weighted by Gasteiger charge is 2.22. The molecule has 0 fully saturated rings. The van der Waals surface area contributed by atoms with Gasteiger partial charge in [0.1, 0.15) is 5.01 Å². The van der Waals surface area contributed by atoms with Crippen molar-refractivity contribution >= 4 is 33.2 Å². The van der Waals surface area contributed by atoms with E-state index >= 15 is 0 Å². The normalized spacial score (nSPS) is 12.2. The molecule has 1 aromatic heterocycles. The van der Waals surface area contributed by atoms with Gasteiger partial charge in [0.2, 0.25) is 0 Å². The fourth-order valence-corrected chi connectivity index (χ4v) is 3.49. The van der Waals surface area contributed by atoms with Gasteiger partial charge in [-0.15, -0.1) is 11.3 Å². The summed E-state index contributed by atoms with van der Waals surface area (Å²) in [6.45, 7) is 0. The van der Waals surface area contributed by atoms with E-state index < -0.39 is 16.8 Å². The van der Waals surface area contributed by atoms with Crippen molar-refractivity contribution in [2.75, 3.05) is 0 Å². The molecule has 0 aliphatic heterocycles. The molecule has 6 nitrogen and oxygen atoms in total. The van der Waals surface area contributed by atoms with Gasteiger partial charge in [-0.05, 0) is 17.7 Å². The number of aliphatic carboxylic acids is 1. The molecule has 3 rings (SSSR count). The van der Waals surface area contributed by atoms with Crippen molar-refractivity contribution in [2.45, 2.75) is 12.3 Å². The molecule has 1 N–H and O–H groups in total.